The van der Waals surface area contributed by atoms with Crippen LogP contribution in [0.3, 0.4) is 0 Å². The zero-order valence-corrected chi connectivity index (χ0v) is 18.7. The first-order chi connectivity index (χ1) is 14.9. The summed E-state index contributed by atoms with van der Waals surface area (Å²) in [6.07, 6.45) is -1.41. The predicted octanol–water partition coefficient (Wildman–Crippen LogP) is 1.41. The van der Waals surface area contributed by atoms with Crippen molar-refractivity contribution >= 4 is 52.6 Å². The second-order valence-corrected chi connectivity index (χ2v) is 10.4. The van der Waals surface area contributed by atoms with Gasteiger partial charge >= 0.3 is 5.97 Å². The van der Waals surface area contributed by atoms with Crippen LogP contribution < -0.4 is 5.32 Å². The molecule has 2 unspecified atom stereocenters. The van der Waals surface area contributed by atoms with Gasteiger partial charge in [-0.2, -0.15) is 0 Å². The first kappa shape index (κ1) is 21.8. The number of benzene rings is 1. The van der Waals surface area contributed by atoms with Gasteiger partial charge in [0.05, 0.1) is 0 Å². The number of fused-ring (bicyclic) bond motifs is 1. The van der Waals surface area contributed by atoms with Crippen LogP contribution >= 0.6 is 34.9 Å². The van der Waals surface area contributed by atoms with Crippen LogP contribution in [0.4, 0.5) is 0 Å². The molecule has 1 fully saturated rings. The Morgan fingerprint density at radius 1 is 1.32 bits per heavy atom. The molecule has 3 heterocycles. The Kier molecular flexibility index (Phi) is 6.32. The van der Waals surface area contributed by atoms with Crippen molar-refractivity contribution in [2.75, 3.05) is 11.5 Å². The average molecular weight is 479 g/mol. The van der Waals surface area contributed by atoms with E-state index in [-0.39, 0.29) is 5.70 Å². The van der Waals surface area contributed by atoms with Crippen LogP contribution in [-0.2, 0) is 14.4 Å². The number of rotatable bonds is 7. The molecule has 1 aromatic carbocycles. The van der Waals surface area contributed by atoms with Crippen molar-refractivity contribution in [1.29, 1.82) is 0 Å². The van der Waals surface area contributed by atoms with E-state index in [1.807, 2.05) is 6.92 Å². The molecule has 0 spiro atoms. The van der Waals surface area contributed by atoms with E-state index in [1.54, 1.807) is 30.3 Å². The van der Waals surface area contributed by atoms with Crippen molar-refractivity contribution in [1.82, 2.24) is 20.4 Å². The highest BCUT2D eigenvalue weighted by Gasteiger charge is 2.54. The summed E-state index contributed by atoms with van der Waals surface area (Å²) in [5.41, 5.74) is 0.989. The lowest BCUT2D eigenvalue weighted by Gasteiger charge is -2.49. The normalized spacial score (nSPS) is 21.4. The van der Waals surface area contributed by atoms with Crippen molar-refractivity contribution in [2.45, 2.75) is 28.8 Å². The lowest BCUT2D eigenvalue weighted by Crippen LogP contribution is -2.70. The fourth-order valence-electron chi connectivity index (χ4n) is 3.30. The molecule has 4 rings (SSSR count). The van der Waals surface area contributed by atoms with Gasteiger partial charge in [-0.3, -0.25) is 14.5 Å². The molecule has 1 saturated heterocycles. The zero-order valence-electron chi connectivity index (χ0n) is 16.2. The van der Waals surface area contributed by atoms with Gasteiger partial charge in [0, 0.05) is 11.5 Å². The maximum atomic E-state index is 12.7. The van der Waals surface area contributed by atoms with Crippen molar-refractivity contribution < 1.29 is 24.6 Å². The highest BCUT2D eigenvalue weighted by molar-refractivity contribution is 8.01. The van der Waals surface area contributed by atoms with Gasteiger partial charge in [-0.25, -0.2) is 4.79 Å². The van der Waals surface area contributed by atoms with Crippen molar-refractivity contribution in [2.24, 2.45) is 0 Å². The molecule has 3 N–H and O–H groups in total. The van der Waals surface area contributed by atoms with E-state index in [1.165, 1.54) is 39.8 Å². The minimum absolute atomic E-state index is 0.0448. The second kappa shape index (κ2) is 8.99. The summed E-state index contributed by atoms with van der Waals surface area (Å²) in [4.78, 5) is 38.3. The first-order valence-electron chi connectivity index (χ1n) is 9.23. The number of carboxylic acids is 1. The molecule has 2 aromatic rings. The van der Waals surface area contributed by atoms with E-state index in [0.717, 1.165) is 9.35 Å². The molecular weight excluding hydrogens is 460 g/mol. The Morgan fingerprint density at radius 2 is 2.06 bits per heavy atom. The largest absolute Gasteiger partial charge is 0.477 e. The Labute approximate surface area is 189 Å². The maximum Gasteiger partial charge on any atom is 0.352 e. The standard InChI is InChI=1S/C19H18N4O5S3/c1-9-21-22-19(31-9)30-8-11-7-29-17-12(16(26)23(17)13(11)18(27)28)20-15(25)14(24)10-5-3-2-4-6-10/h2-6,12,14,17,24H,7-8H2,1H3,(H,20,25)(H,27,28)/t12?,14?,17-/m0/s1. The quantitative estimate of drug-likeness (QED) is 0.399. The number of hydrogen-bond acceptors (Lipinski definition) is 9. The van der Waals surface area contributed by atoms with E-state index in [9.17, 15) is 24.6 Å². The van der Waals surface area contributed by atoms with Crippen LogP contribution in [0.5, 0.6) is 0 Å². The molecule has 3 atom stereocenters. The summed E-state index contributed by atoms with van der Waals surface area (Å²) in [5.74, 6) is -1.59. The number of carboxylic acid groups (broad SMARTS) is 1. The van der Waals surface area contributed by atoms with Crippen LogP contribution in [0.2, 0.25) is 0 Å². The third kappa shape index (κ3) is 4.33. The van der Waals surface area contributed by atoms with Gasteiger partial charge in [-0.05, 0) is 18.1 Å². The summed E-state index contributed by atoms with van der Waals surface area (Å²) in [6, 6.07) is 7.51. The molecule has 31 heavy (non-hydrogen) atoms. The van der Waals surface area contributed by atoms with Crippen molar-refractivity contribution in [3.63, 3.8) is 0 Å². The topological polar surface area (TPSA) is 133 Å². The van der Waals surface area contributed by atoms with E-state index in [0.29, 0.717) is 22.6 Å². The van der Waals surface area contributed by atoms with Crippen LogP contribution in [-0.4, -0.2) is 66.0 Å². The number of nitrogens with zero attached hydrogens (tertiary/aromatic N) is 3. The van der Waals surface area contributed by atoms with Gasteiger partial charge in [-0.15, -0.1) is 22.0 Å². The summed E-state index contributed by atoms with van der Waals surface area (Å²) >= 11 is 4.19. The third-order valence-corrected chi connectivity index (χ3v) is 8.19. The molecule has 0 aliphatic carbocycles. The highest BCUT2D eigenvalue weighted by Crippen LogP contribution is 2.42. The number of nitrogens with one attached hydrogen (secondary N) is 1. The molecule has 2 aliphatic heterocycles. The molecule has 1 aromatic heterocycles. The fourth-order valence-corrected chi connectivity index (χ4v) is 6.60. The Hall–Kier alpha value is -2.41. The van der Waals surface area contributed by atoms with Crippen LogP contribution in [0.1, 0.15) is 16.7 Å². The number of β-lactam (4-membered cyclic amide) rings is 1. The monoisotopic (exact) mass is 478 g/mol. The number of carbonyl (C=O) groups is 3. The second-order valence-electron chi connectivity index (χ2n) is 6.84. The van der Waals surface area contributed by atoms with E-state index >= 15 is 0 Å². The zero-order chi connectivity index (χ0) is 22.1. The summed E-state index contributed by atoms with van der Waals surface area (Å²) in [7, 11) is 0. The van der Waals surface area contributed by atoms with Gasteiger partial charge in [0.25, 0.3) is 11.8 Å². The number of thioether (sulfide) groups is 2. The van der Waals surface area contributed by atoms with Crippen LogP contribution in [0, 0.1) is 6.92 Å². The van der Waals surface area contributed by atoms with E-state index in [4.69, 9.17) is 0 Å². The predicted molar refractivity (Wildman–Crippen MR) is 116 cm³/mol. The molecule has 2 aliphatic rings. The van der Waals surface area contributed by atoms with E-state index < -0.39 is 35.3 Å². The Morgan fingerprint density at radius 3 is 2.71 bits per heavy atom. The molecule has 12 heteroatoms. The number of aromatic nitrogens is 2. The molecule has 162 valence electrons. The molecule has 9 nitrogen and oxygen atoms in total. The number of aliphatic hydroxyl groups excluding tert-OH is 1. The Bertz CT molecular complexity index is 1060. The van der Waals surface area contributed by atoms with Crippen LogP contribution in [0.25, 0.3) is 0 Å². The van der Waals surface area contributed by atoms with Gasteiger partial charge in [0.2, 0.25) is 0 Å². The first-order valence-corrected chi connectivity index (χ1v) is 12.1. The number of carbonyl (C=O) groups excluding carboxylic acids is 2. The van der Waals surface area contributed by atoms with Gasteiger partial charge in [0.1, 0.15) is 22.1 Å². The number of aliphatic hydroxyl groups is 1. The lowest BCUT2D eigenvalue weighted by molar-refractivity contribution is -0.151. The number of aryl methyl sites for hydroxylation is 1. The highest BCUT2D eigenvalue weighted by atomic mass is 32.2. The van der Waals surface area contributed by atoms with Gasteiger partial charge in [0.15, 0.2) is 10.4 Å². The summed E-state index contributed by atoms with van der Waals surface area (Å²) in [5, 5.41) is 30.8. The average Bonchev–Trinajstić information content (AvgIpc) is 3.20. The number of aliphatic carboxylic acids is 1. The summed E-state index contributed by atoms with van der Waals surface area (Å²) < 4.78 is 0.733. The molecule has 2 amide bonds. The van der Waals surface area contributed by atoms with Crippen molar-refractivity contribution in [3.8, 4) is 0 Å². The van der Waals surface area contributed by atoms with E-state index in [2.05, 4.69) is 15.5 Å². The third-order valence-electron chi connectivity index (χ3n) is 4.79. The van der Waals surface area contributed by atoms with Gasteiger partial charge in [-0.1, -0.05) is 53.4 Å². The van der Waals surface area contributed by atoms with Crippen molar-refractivity contribution in [3.05, 3.63) is 52.2 Å². The molecule has 0 saturated carbocycles. The lowest BCUT2D eigenvalue weighted by atomic mass is 10.0. The smallest absolute Gasteiger partial charge is 0.352 e. The molecule has 0 radical (unpaired) electrons. The SMILES string of the molecule is Cc1nnc(SCC2=C(C(=O)O)N3C(=O)C(NC(=O)C(O)c4ccccc4)[C@@H]3SC2)s1. The number of amides is 2. The summed E-state index contributed by atoms with van der Waals surface area (Å²) in [6.45, 7) is 1.84. The number of hydrogen-bond donors (Lipinski definition) is 3. The minimum Gasteiger partial charge on any atom is -0.477 e. The van der Waals surface area contributed by atoms with Gasteiger partial charge < -0.3 is 15.5 Å². The van der Waals surface area contributed by atoms with Crippen LogP contribution in [0.15, 0.2) is 45.9 Å². The minimum atomic E-state index is -1.41. The maximum absolute atomic E-state index is 12.7. The molecular formula is C19H18N4O5S3. The fraction of sp³-hybridized carbons (Fsp3) is 0.316. The Balaban J connectivity index is 1.45. The molecule has 0 bridgehead atoms.